The molecular formula is C20H19BrN2O2. The Morgan fingerprint density at radius 1 is 1.04 bits per heavy atom. The van der Waals surface area contributed by atoms with Gasteiger partial charge in [0.15, 0.2) is 0 Å². The average Bonchev–Trinajstić information content (AvgIpc) is 2.86. The van der Waals surface area contributed by atoms with Gasteiger partial charge in [-0.1, -0.05) is 46.3 Å². The molecule has 1 saturated heterocycles. The molecule has 2 heterocycles. The van der Waals surface area contributed by atoms with Gasteiger partial charge in [-0.3, -0.25) is 19.8 Å². The molecule has 0 bridgehead atoms. The Bertz CT molecular complexity index is 822. The van der Waals surface area contributed by atoms with Crippen LogP contribution in [0.3, 0.4) is 0 Å². The number of fused-ring (bicyclic) bond motifs is 1. The molecule has 4 nitrogen and oxygen atoms in total. The second kappa shape index (κ2) is 6.73. The first-order chi connectivity index (χ1) is 12.1. The lowest BCUT2D eigenvalue weighted by Gasteiger charge is -2.35. The summed E-state index contributed by atoms with van der Waals surface area (Å²) in [6.07, 6.45) is 2.60. The van der Waals surface area contributed by atoms with Crippen LogP contribution in [0.4, 0.5) is 0 Å². The van der Waals surface area contributed by atoms with E-state index in [9.17, 15) is 9.59 Å². The Hall–Kier alpha value is -1.98. The summed E-state index contributed by atoms with van der Waals surface area (Å²) >= 11 is 3.38. The predicted molar refractivity (Wildman–Crippen MR) is 99.3 cm³/mol. The fraction of sp³-hybridized carbons (Fsp3) is 0.300. The third-order valence-corrected chi connectivity index (χ3v) is 5.54. The van der Waals surface area contributed by atoms with Gasteiger partial charge < -0.3 is 0 Å². The van der Waals surface area contributed by atoms with Crippen molar-refractivity contribution in [2.24, 2.45) is 5.92 Å². The Labute approximate surface area is 155 Å². The molecule has 2 aliphatic heterocycles. The van der Waals surface area contributed by atoms with E-state index in [2.05, 4.69) is 45.5 Å². The second-order valence-electron chi connectivity index (χ2n) is 6.72. The quantitative estimate of drug-likeness (QED) is 0.803. The van der Waals surface area contributed by atoms with Gasteiger partial charge >= 0.3 is 0 Å². The number of carbonyl (C=O) groups excluding carboxylic acids is 2. The molecule has 0 radical (unpaired) electrons. The van der Waals surface area contributed by atoms with Crippen LogP contribution < -0.4 is 5.32 Å². The molecular weight excluding hydrogens is 380 g/mol. The molecule has 25 heavy (non-hydrogen) atoms. The fourth-order valence-corrected chi connectivity index (χ4v) is 4.18. The molecule has 4 rings (SSSR count). The van der Waals surface area contributed by atoms with E-state index in [-0.39, 0.29) is 18.0 Å². The number of carbonyl (C=O) groups is 2. The first kappa shape index (κ1) is 16.5. The molecule has 2 amide bonds. The van der Waals surface area contributed by atoms with Crippen LogP contribution in [0.25, 0.3) is 0 Å². The largest absolute Gasteiger partial charge is 0.297 e. The zero-order chi connectivity index (χ0) is 17.4. The third kappa shape index (κ3) is 3.14. The second-order valence-corrected chi connectivity index (χ2v) is 7.64. The lowest BCUT2D eigenvalue weighted by atomic mass is 9.89. The van der Waals surface area contributed by atoms with Crippen LogP contribution in [0, 0.1) is 5.92 Å². The molecule has 0 aliphatic carbocycles. The average molecular weight is 399 g/mol. The van der Waals surface area contributed by atoms with Gasteiger partial charge in [0.05, 0.1) is 17.3 Å². The highest BCUT2D eigenvalue weighted by atomic mass is 79.9. The normalized spacial score (nSPS) is 23.0. The van der Waals surface area contributed by atoms with Crippen molar-refractivity contribution in [1.29, 1.82) is 0 Å². The van der Waals surface area contributed by atoms with Crippen LogP contribution in [0.2, 0.25) is 0 Å². The summed E-state index contributed by atoms with van der Waals surface area (Å²) in [4.78, 5) is 26.9. The molecule has 0 spiro atoms. The molecule has 2 aromatic rings. The number of nitrogens with zero attached hydrogens (tertiary/aromatic N) is 1. The van der Waals surface area contributed by atoms with Gasteiger partial charge in [-0.05, 0) is 55.5 Å². The van der Waals surface area contributed by atoms with Crippen molar-refractivity contribution >= 4 is 27.7 Å². The molecule has 1 N–H and O–H groups in total. The Balaban J connectivity index is 1.52. The summed E-state index contributed by atoms with van der Waals surface area (Å²) in [6.45, 7) is 0.819. The van der Waals surface area contributed by atoms with E-state index >= 15 is 0 Å². The summed E-state index contributed by atoms with van der Waals surface area (Å²) in [5, 5.41) is 3.36. The number of amides is 2. The van der Waals surface area contributed by atoms with Crippen LogP contribution in [0.5, 0.6) is 0 Å². The zero-order valence-corrected chi connectivity index (χ0v) is 15.3. The molecule has 2 unspecified atom stereocenters. The molecule has 0 aromatic heterocycles. The van der Waals surface area contributed by atoms with Crippen LogP contribution in [0.1, 0.15) is 39.1 Å². The number of rotatable bonds is 3. The highest BCUT2D eigenvalue weighted by Crippen LogP contribution is 2.31. The number of imide groups is 1. The topological polar surface area (TPSA) is 49.4 Å². The number of nitrogens with one attached hydrogen (secondary N) is 1. The van der Waals surface area contributed by atoms with Crippen molar-refractivity contribution in [3.05, 3.63) is 69.7 Å². The first-order valence-corrected chi connectivity index (χ1v) is 9.37. The lowest BCUT2D eigenvalue weighted by molar-refractivity contribution is 0.0492. The van der Waals surface area contributed by atoms with E-state index in [0.29, 0.717) is 17.0 Å². The minimum Gasteiger partial charge on any atom is -0.297 e. The maximum Gasteiger partial charge on any atom is 0.262 e. The monoisotopic (exact) mass is 398 g/mol. The van der Waals surface area contributed by atoms with Crippen LogP contribution >= 0.6 is 15.9 Å². The molecule has 2 aromatic carbocycles. The van der Waals surface area contributed by atoms with Crippen LogP contribution in [-0.2, 0) is 6.42 Å². The van der Waals surface area contributed by atoms with Crippen molar-refractivity contribution < 1.29 is 9.59 Å². The van der Waals surface area contributed by atoms with Crippen molar-refractivity contribution in [3.63, 3.8) is 0 Å². The molecule has 1 fully saturated rings. The van der Waals surface area contributed by atoms with E-state index < -0.39 is 0 Å². The minimum atomic E-state index is -0.228. The maximum absolute atomic E-state index is 12.8. The van der Waals surface area contributed by atoms with E-state index in [4.69, 9.17) is 0 Å². The SMILES string of the molecule is O=C1c2ccc(Br)cc2C(=O)N1C1CC(Cc2ccccc2)CCN1. The number of hydrogen-bond donors (Lipinski definition) is 1. The van der Waals surface area contributed by atoms with Gasteiger partial charge in [-0.25, -0.2) is 0 Å². The highest BCUT2D eigenvalue weighted by molar-refractivity contribution is 9.10. The molecule has 128 valence electrons. The van der Waals surface area contributed by atoms with Gasteiger partial charge in [-0.15, -0.1) is 0 Å². The standard InChI is InChI=1S/C20H19BrN2O2/c21-15-6-7-16-17(12-15)20(25)23(19(16)24)18-11-14(8-9-22-18)10-13-4-2-1-3-5-13/h1-7,12,14,18,22H,8-11H2. The summed E-state index contributed by atoms with van der Waals surface area (Å²) in [6, 6.07) is 15.7. The number of benzene rings is 2. The van der Waals surface area contributed by atoms with Crippen LogP contribution in [-0.4, -0.2) is 29.4 Å². The van der Waals surface area contributed by atoms with Crippen molar-refractivity contribution in [1.82, 2.24) is 10.2 Å². The Morgan fingerprint density at radius 3 is 2.60 bits per heavy atom. The summed E-state index contributed by atoms with van der Waals surface area (Å²) in [5.74, 6) is 0.0780. The number of piperidine rings is 1. The Kier molecular flexibility index (Phi) is 4.44. The predicted octanol–water partition coefficient (Wildman–Crippen LogP) is 3.61. The minimum absolute atomic E-state index is 0.189. The zero-order valence-electron chi connectivity index (χ0n) is 13.7. The van der Waals surface area contributed by atoms with E-state index in [1.807, 2.05) is 6.07 Å². The van der Waals surface area contributed by atoms with Gasteiger partial charge in [0, 0.05) is 4.47 Å². The lowest BCUT2D eigenvalue weighted by Crippen LogP contribution is -2.52. The summed E-state index contributed by atoms with van der Waals surface area (Å²) < 4.78 is 0.813. The fourth-order valence-electron chi connectivity index (χ4n) is 3.82. The van der Waals surface area contributed by atoms with Gasteiger partial charge in [-0.2, -0.15) is 0 Å². The number of halogens is 1. The molecule has 5 heteroatoms. The van der Waals surface area contributed by atoms with Gasteiger partial charge in [0.25, 0.3) is 11.8 Å². The van der Waals surface area contributed by atoms with Crippen LogP contribution in [0.15, 0.2) is 53.0 Å². The Morgan fingerprint density at radius 2 is 1.80 bits per heavy atom. The summed E-state index contributed by atoms with van der Waals surface area (Å²) in [5.41, 5.74) is 2.30. The van der Waals surface area contributed by atoms with Crippen molar-refractivity contribution in [2.45, 2.75) is 25.4 Å². The van der Waals surface area contributed by atoms with E-state index in [1.165, 1.54) is 10.5 Å². The smallest absolute Gasteiger partial charge is 0.262 e. The molecule has 0 saturated carbocycles. The first-order valence-electron chi connectivity index (χ1n) is 8.58. The maximum atomic E-state index is 12.8. The molecule has 2 aliphatic rings. The third-order valence-electron chi connectivity index (χ3n) is 5.05. The molecule has 2 atom stereocenters. The summed E-state index contributed by atoms with van der Waals surface area (Å²) in [7, 11) is 0. The van der Waals surface area contributed by atoms with Gasteiger partial charge in [0.1, 0.15) is 0 Å². The van der Waals surface area contributed by atoms with E-state index in [0.717, 1.165) is 30.3 Å². The van der Waals surface area contributed by atoms with Gasteiger partial charge in [0.2, 0.25) is 0 Å². The van der Waals surface area contributed by atoms with Crippen molar-refractivity contribution in [2.75, 3.05) is 6.54 Å². The number of hydrogen-bond acceptors (Lipinski definition) is 3. The van der Waals surface area contributed by atoms with Crippen molar-refractivity contribution in [3.8, 4) is 0 Å². The highest BCUT2D eigenvalue weighted by Gasteiger charge is 2.41. The van der Waals surface area contributed by atoms with E-state index in [1.54, 1.807) is 18.2 Å².